The van der Waals surface area contributed by atoms with Crippen molar-refractivity contribution in [1.29, 1.82) is 0 Å². The van der Waals surface area contributed by atoms with Gasteiger partial charge in [0.1, 0.15) is 0 Å². The highest BCUT2D eigenvalue weighted by Crippen LogP contribution is 2.17. The fourth-order valence-corrected chi connectivity index (χ4v) is 1.36. The molecule has 0 N–H and O–H groups in total. The van der Waals surface area contributed by atoms with Gasteiger partial charge in [-0.05, 0) is 18.3 Å². The zero-order valence-corrected chi connectivity index (χ0v) is 10.5. The van der Waals surface area contributed by atoms with Crippen molar-refractivity contribution < 1.29 is 9.53 Å². The first-order valence-electron chi connectivity index (χ1n) is 5.87. The average Bonchev–Trinajstić information content (AvgIpc) is 2.24. The molecule has 0 saturated carbocycles. The van der Waals surface area contributed by atoms with E-state index in [-0.39, 0.29) is 5.97 Å². The van der Waals surface area contributed by atoms with Crippen molar-refractivity contribution in [3.05, 3.63) is 12.2 Å². The molecule has 2 atom stereocenters. The normalized spacial score (nSPS) is 14.4. The van der Waals surface area contributed by atoms with Crippen LogP contribution in [0.4, 0.5) is 0 Å². The molecule has 2 nitrogen and oxygen atoms in total. The monoisotopic (exact) mass is 212 g/mol. The van der Waals surface area contributed by atoms with Gasteiger partial charge in [0.15, 0.2) is 0 Å². The molecule has 2 unspecified atom stereocenters. The largest absolute Gasteiger partial charge is 0.462 e. The van der Waals surface area contributed by atoms with E-state index >= 15 is 0 Å². The molecule has 0 aromatic carbocycles. The summed E-state index contributed by atoms with van der Waals surface area (Å²) in [7, 11) is 0. The van der Waals surface area contributed by atoms with E-state index < -0.39 is 0 Å². The molecular weight excluding hydrogens is 188 g/mol. The van der Waals surface area contributed by atoms with Gasteiger partial charge in [0, 0.05) is 5.57 Å². The maximum absolute atomic E-state index is 11.3. The van der Waals surface area contributed by atoms with E-state index in [0.29, 0.717) is 30.4 Å². The summed E-state index contributed by atoms with van der Waals surface area (Å²) in [6.07, 6.45) is 3.03. The Morgan fingerprint density at radius 1 is 1.27 bits per heavy atom. The Balaban J connectivity index is 3.84. The van der Waals surface area contributed by atoms with E-state index in [0.717, 1.165) is 0 Å². The predicted molar refractivity (Wildman–Crippen MR) is 63.6 cm³/mol. The van der Waals surface area contributed by atoms with Crippen LogP contribution in [0.3, 0.4) is 0 Å². The maximum atomic E-state index is 11.3. The smallest absolute Gasteiger partial charge is 0.333 e. The van der Waals surface area contributed by atoms with Gasteiger partial charge >= 0.3 is 5.97 Å². The molecule has 0 rings (SSSR count). The van der Waals surface area contributed by atoms with Crippen molar-refractivity contribution >= 4 is 5.97 Å². The molecule has 0 aliphatic carbocycles. The number of hydrogen-bond donors (Lipinski definition) is 0. The molecule has 0 bridgehead atoms. The second kappa shape index (κ2) is 7.49. The standard InChI is InChI=1S/C13H24O2/c1-6-8-11(4)12(5)9-15-13(14)10(3)7-2/h11-12H,3,6-9H2,1-2,4-5H3. The van der Waals surface area contributed by atoms with Crippen LogP contribution in [0.25, 0.3) is 0 Å². The van der Waals surface area contributed by atoms with Crippen molar-refractivity contribution in [3.63, 3.8) is 0 Å². The van der Waals surface area contributed by atoms with E-state index in [1.165, 1.54) is 12.8 Å². The number of carbonyl (C=O) groups is 1. The van der Waals surface area contributed by atoms with Gasteiger partial charge in [-0.15, -0.1) is 0 Å². The Hall–Kier alpha value is -0.790. The highest BCUT2D eigenvalue weighted by Gasteiger charge is 2.14. The van der Waals surface area contributed by atoms with Crippen LogP contribution in [0.5, 0.6) is 0 Å². The third kappa shape index (κ3) is 5.60. The number of carbonyl (C=O) groups excluding carboxylic acids is 1. The van der Waals surface area contributed by atoms with Crippen LogP contribution in [0.1, 0.15) is 47.0 Å². The summed E-state index contributed by atoms with van der Waals surface area (Å²) in [5.41, 5.74) is 0.561. The minimum atomic E-state index is -0.243. The lowest BCUT2D eigenvalue weighted by molar-refractivity contribution is -0.140. The van der Waals surface area contributed by atoms with Gasteiger partial charge in [0.05, 0.1) is 6.61 Å². The summed E-state index contributed by atoms with van der Waals surface area (Å²) >= 11 is 0. The molecule has 0 aromatic heterocycles. The highest BCUT2D eigenvalue weighted by atomic mass is 16.5. The SMILES string of the molecule is C=C(CC)C(=O)OCC(C)C(C)CCC. The molecule has 0 aliphatic rings. The molecule has 88 valence electrons. The third-order valence-electron chi connectivity index (χ3n) is 2.91. The first-order valence-corrected chi connectivity index (χ1v) is 5.87. The minimum Gasteiger partial charge on any atom is -0.462 e. The van der Waals surface area contributed by atoms with Gasteiger partial charge in [0.25, 0.3) is 0 Å². The second-order valence-electron chi connectivity index (χ2n) is 4.30. The minimum absolute atomic E-state index is 0.243. The molecule has 0 radical (unpaired) electrons. The molecule has 0 saturated heterocycles. The molecule has 0 aliphatic heterocycles. The zero-order valence-electron chi connectivity index (χ0n) is 10.5. The summed E-state index contributed by atoms with van der Waals surface area (Å²) in [6.45, 7) is 12.6. The molecule has 0 spiro atoms. The van der Waals surface area contributed by atoms with Crippen molar-refractivity contribution in [2.75, 3.05) is 6.61 Å². The van der Waals surface area contributed by atoms with Crippen LogP contribution in [0, 0.1) is 11.8 Å². The molecule has 2 heteroatoms. The van der Waals surface area contributed by atoms with Gasteiger partial charge in [-0.3, -0.25) is 0 Å². The van der Waals surface area contributed by atoms with Gasteiger partial charge < -0.3 is 4.74 Å². The Morgan fingerprint density at radius 2 is 1.87 bits per heavy atom. The second-order valence-corrected chi connectivity index (χ2v) is 4.30. The van der Waals surface area contributed by atoms with Gasteiger partial charge in [-0.1, -0.05) is 47.1 Å². The predicted octanol–water partition coefficient (Wildman–Crippen LogP) is 3.57. The fraction of sp³-hybridized carbons (Fsp3) is 0.769. The van der Waals surface area contributed by atoms with E-state index in [1.54, 1.807) is 0 Å². The van der Waals surface area contributed by atoms with Gasteiger partial charge in [-0.2, -0.15) is 0 Å². The molecule has 0 aromatic rings. The lowest BCUT2D eigenvalue weighted by atomic mass is 9.93. The maximum Gasteiger partial charge on any atom is 0.333 e. The lowest BCUT2D eigenvalue weighted by Gasteiger charge is -2.19. The summed E-state index contributed by atoms with van der Waals surface area (Å²) < 4.78 is 5.19. The van der Waals surface area contributed by atoms with E-state index in [4.69, 9.17) is 4.74 Å². The van der Waals surface area contributed by atoms with E-state index in [2.05, 4.69) is 27.4 Å². The topological polar surface area (TPSA) is 26.3 Å². The molecular formula is C13H24O2. The summed E-state index contributed by atoms with van der Waals surface area (Å²) in [5.74, 6) is 0.796. The lowest BCUT2D eigenvalue weighted by Crippen LogP contribution is -2.18. The zero-order chi connectivity index (χ0) is 11.8. The Morgan fingerprint density at radius 3 is 2.33 bits per heavy atom. The van der Waals surface area contributed by atoms with Gasteiger partial charge in [-0.25, -0.2) is 4.79 Å². The molecule has 0 amide bonds. The average molecular weight is 212 g/mol. The Bertz CT molecular complexity index is 209. The number of esters is 1. The first kappa shape index (κ1) is 14.2. The van der Waals surface area contributed by atoms with Crippen LogP contribution in [0.2, 0.25) is 0 Å². The molecule has 0 fully saturated rings. The van der Waals surface area contributed by atoms with E-state index in [9.17, 15) is 4.79 Å². The Kier molecular flexibility index (Phi) is 7.10. The van der Waals surface area contributed by atoms with Crippen LogP contribution in [0.15, 0.2) is 12.2 Å². The number of rotatable bonds is 7. The van der Waals surface area contributed by atoms with E-state index in [1.807, 2.05) is 6.92 Å². The molecule has 0 heterocycles. The van der Waals surface area contributed by atoms with Crippen molar-refractivity contribution in [2.24, 2.45) is 11.8 Å². The first-order chi connectivity index (χ1) is 7.02. The summed E-state index contributed by atoms with van der Waals surface area (Å²) in [4.78, 5) is 11.3. The fourth-order valence-electron chi connectivity index (χ4n) is 1.36. The third-order valence-corrected chi connectivity index (χ3v) is 2.91. The van der Waals surface area contributed by atoms with Crippen molar-refractivity contribution in [3.8, 4) is 0 Å². The number of ether oxygens (including phenoxy) is 1. The summed E-state index contributed by atoms with van der Waals surface area (Å²) in [6, 6.07) is 0. The van der Waals surface area contributed by atoms with Crippen molar-refractivity contribution in [1.82, 2.24) is 0 Å². The Labute approximate surface area is 93.7 Å². The quantitative estimate of drug-likeness (QED) is 0.476. The van der Waals surface area contributed by atoms with Crippen LogP contribution in [-0.4, -0.2) is 12.6 Å². The number of hydrogen-bond acceptors (Lipinski definition) is 2. The van der Waals surface area contributed by atoms with Crippen LogP contribution >= 0.6 is 0 Å². The summed E-state index contributed by atoms with van der Waals surface area (Å²) in [5, 5.41) is 0. The van der Waals surface area contributed by atoms with Crippen LogP contribution in [-0.2, 0) is 9.53 Å². The molecule has 15 heavy (non-hydrogen) atoms. The van der Waals surface area contributed by atoms with Crippen LogP contribution < -0.4 is 0 Å². The van der Waals surface area contributed by atoms with Gasteiger partial charge in [0.2, 0.25) is 0 Å². The van der Waals surface area contributed by atoms with Crippen molar-refractivity contribution in [2.45, 2.75) is 47.0 Å². The highest BCUT2D eigenvalue weighted by molar-refractivity contribution is 5.87.